The fourth-order valence-corrected chi connectivity index (χ4v) is 6.21. The standard InChI is InChI=1S/C43H61N9O2/c1-4-50(5-2)28-7-8-29-51(6-3)30-9-10-31-52(33-43(54)49-41-25-21-39(22-26-41)47-37-17-13-35(45)14-18-37)32-27-42(53)48-40-23-19-38(20-24-40)46-36-15-11-34(44)12-16-36/h11-26,46-47H,4-10,27-33,44-45H2,1-3H3,(H,48,53)(H,49,54). The van der Waals surface area contributed by atoms with Crippen LogP contribution < -0.4 is 32.7 Å². The molecule has 0 aliphatic heterocycles. The largest absolute Gasteiger partial charge is 0.399 e. The van der Waals surface area contributed by atoms with Crippen LogP contribution in [0.25, 0.3) is 0 Å². The lowest BCUT2D eigenvalue weighted by molar-refractivity contribution is -0.119. The second kappa shape index (κ2) is 22.9. The molecule has 0 aromatic heterocycles. The first kappa shape index (κ1) is 41.7. The van der Waals surface area contributed by atoms with Gasteiger partial charge in [-0.05, 0) is 169 Å². The van der Waals surface area contributed by atoms with Crippen LogP contribution in [0.4, 0.5) is 45.5 Å². The number of carbonyl (C=O) groups is 2. The zero-order valence-corrected chi connectivity index (χ0v) is 32.4. The lowest BCUT2D eigenvalue weighted by atomic mass is 10.2. The minimum absolute atomic E-state index is 0.0919. The van der Waals surface area contributed by atoms with Crippen molar-refractivity contribution < 1.29 is 9.59 Å². The third-order valence-corrected chi connectivity index (χ3v) is 9.50. The zero-order chi connectivity index (χ0) is 38.5. The highest BCUT2D eigenvalue weighted by Gasteiger charge is 2.14. The van der Waals surface area contributed by atoms with E-state index in [2.05, 4.69) is 56.7 Å². The van der Waals surface area contributed by atoms with Crippen LogP contribution in [0.5, 0.6) is 0 Å². The smallest absolute Gasteiger partial charge is 0.238 e. The highest BCUT2D eigenvalue weighted by molar-refractivity contribution is 5.93. The number of nitrogen functional groups attached to an aromatic ring is 2. The predicted octanol–water partition coefficient (Wildman–Crippen LogP) is 7.83. The van der Waals surface area contributed by atoms with E-state index < -0.39 is 0 Å². The van der Waals surface area contributed by atoms with Crippen LogP contribution in [0.3, 0.4) is 0 Å². The van der Waals surface area contributed by atoms with Crippen molar-refractivity contribution in [1.82, 2.24) is 14.7 Å². The molecule has 0 atom stereocenters. The van der Waals surface area contributed by atoms with Crippen LogP contribution >= 0.6 is 0 Å². The fourth-order valence-electron chi connectivity index (χ4n) is 6.21. The summed E-state index contributed by atoms with van der Waals surface area (Å²) >= 11 is 0. The number of hydrogen-bond donors (Lipinski definition) is 6. The lowest BCUT2D eigenvalue weighted by Crippen LogP contribution is -2.36. The number of anilines is 8. The van der Waals surface area contributed by atoms with Gasteiger partial charge in [0.15, 0.2) is 0 Å². The van der Waals surface area contributed by atoms with Crippen LogP contribution in [0.2, 0.25) is 0 Å². The van der Waals surface area contributed by atoms with Gasteiger partial charge in [0.1, 0.15) is 0 Å². The summed E-state index contributed by atoms with van der Waals surface area (Å²) in [5, 5.41) is 12.7. The maximum atomic E-state index is 13.3. The monoisotopic (exact) mass is 735 g/mol. The molecule has 0 fully saturated rings. The van der Waals surface area contributed by atoms with Gasteiger partial charge in [-0.15, -0.1) is 0 Å². The van der Waals surface area contributed by atoms with Crippen LogP contribution in [0, 0.1) is 0 Å². The average Bonchev–Trinajstić information content (AvgIpc) is 3.18. The van der Waals surface area contributed by atoms with E-state index >= 15 is 0 Å². The van der Waals surface area contributed by atoms with Gasteiger partial charge < -0.3 is 42.5 Å². The molecule has 0 radical (unpaired) electrons. The highest BCUT2D eigenvalue weighted by Crippen LogP contribution is 2.21. The van der Waals surface area contributed by atoms with E-state index in [0.717, 1.165) is 92.8 Å². The number of nitrogens with one attached hydrogen (secondary N) is 4. The number of carbonyl (C=O) groups excluding carboxylic acids is 2. The molecule has 0 bridgehead atoms. The van der Waals surface area contributed by atoms with Crippen molar-refractivity contribution in [1.29, 1.82) is 0 Å². The Morgan fingerprint density at radius 2 is 0.778 bits per heavy atom. The number of unbranched alkanes of at least 4 members (excludes halogenated alkanes) is 2. The molecular formula is C43H61N9O2. The Labute approximate surface area is 322 Å². The molecule has 290 valence electrons. The van der Waals surface area contributed by atoms with Crippen molar-refractivity contribution in [2.24, 2.45) is 0 Å². The van der Waals surface area contributed by atoms with Gasteiger partial charge in [-0.1, -0.05) is 20.8 Å². The lowest BCUT2D eigenvalue weighted by Gasteiger charge is -2.24. The first-order valence-electron chi connectivity index (χ1n) is 19.4. The van der Waals surface area contributed by atoms with E-state index in [-0.39, 0.29) is 24.8 Å². The molecule has 8 N–H and O–H groups in total. The van der Waals surface area contributed by atoms with E-state index in [9.17, 15) is 9.59 Å². The molecule has 0 saturated carbocycles. The number of amides is 2. The molecule has 0 unspecified atom stereocenters. The maximum Gasteiger partial charge on any atom is 0.238 e. The first-order chi connectivity index (χ1) is 26.2. The molecule has 54 heavy (non-hydrogen) atoms. The third kappa shape index (κ3) is 15.5. The molecule has 11 nitrogen and oxygen atoms in total. The summed E-state index contributed by atoms with van der Waals surface area (Å²) in [5.74, 6) is -0.201. The first-order valence-corrected chi connectivity index (χ1v) is 19.4. The van der Waals surface area contributed by atoms with Crippen LogP contribution in [0.15, 0.2) is 97.1 Å². The van der Waals surface area contributed by atoms with E-state index in [0.29, 0.717) is 17.9 Å². The van der Waals surface area contributed by atoms with Crippen LogP contribution in [-0.4, -0.2) is 85.4 Å². The topological polar surface area (TPSA) is 144 Å². The minimum Gasteiger partial charge on any atom is -0.399 e. The number of nitrogens with zero attached hydrogens (tertiary/aromatic N) is 3. The maximum absolute atomic E-state index is 13.3. The van der Waals surface area contributed by atoms with Gasteiger partial charge in [0.05, 0.1) is 6.54 Å². The number of hydrogen-bond acceptors (Lipinski definition) is 9. The number of nitrogens with two attached hydrogens (primary N) is 2. The summed E-state index contributed by atoms with van der Waals surface area (Å²) in [6.07, 6.45) is 4.67. The van der Waals surface area contributed by atoms with Crippen molar-refractivity contribution in [3.63, 3.8) is 0 Å². The minimum atomic E-state index is -0.109. The highest BCUT2D eigenvalue weighted by atomic mass is 16.2. The molecule has 4 aromatic carbocycles. The SMILES string of the molecule is CCN(CC)CCCCN(CC)CCCCN(CCC(=O)Nc1ccc(Nc2ccc(N)cc2)cc1)CC(=O)Nc1ccc(Nc2ccc(N)cc2)cc1. The molecule has 0 saturated heterocycles. The Morgan fingerprint density at radius 1 is 0.444 bits per heavy atom. The number of rotatable bonds is 24. The Morgan fingerprint density at radius 3 is 1.19 bits per heavy atom. The van der Waals surface area contributed by atoms with E-state index in [1.165, 1.54) is 12.8 Å². The van der Waals surface area contributed by atoms with Gasteiger partial charge in [0.2, 0.25) is 11.8 Å². The zero-order valence-electron chi connectivity index (χ0n) is 32.4. The average molecular weight is 736 g/mol. The normalized spacial score (nSPS) is 11.2. The van der Waals surface area contributed by atoms with Gasteiger partial charge in [-0.2, -0.15) is 0 Å². The van der Waals surface area contributed by atoms with Crippen LogP contribution in [0.1, 0.15) is 52.9 Å². The van der Waals surface area contributed by atoms with Gasteiger partial charge >= 0.3 is 0 Å². The molecule has 0 spiro atoms. The van der Waals surface area contributed by atoms with E-state index in [1.54, 1.807) is 0 Å². The van der Waals surface area contributed by atoms with Gasteiger partial charge in [-0.3, -0.25) is 14.5 Å². The van der Waals surface area contributed by atoms with Crippen molar-refractivity contribution in [2.45, 2.75) is 52.9 Å². The van der Waals surface area contributed by atoms with E-state index in [4.69, 9.17) is 11.5 Å². The number of benzene rings is 4. The molecule has 11 heteroatoms. The summed E-state index contributed by atoms with van der Waals surface area (Å²) < 4.78 is 0. The van der Waals surface area contributed by atoms with Crippen molar-refractivity contribution in [3.8, 4) is 0 Å². The molecule has 0 aliphatic rings. The molecule has 2 amide bonds. The summed E-state index contributed by atoms with van der Waals surface area (Å²) in [4.78, 5) is 33.4. The summed E-state index contributed by atoms with van der Waals surface area (Å²) in [6.45, 7) is 14.6. The molecule has 0 aliphatic carbocycles. The Kier molecular flexibility index (Phi) is 17.6. The van der Waals surface area contributed by atoms with Gasteiger partial charge in [-0.25, -0.2) is 0 Å². The van der Waals surface area contributed by atoms with E-state index in [1.807, 2.05) is 97.1 Å². The summed E-state index contributed by atoms with van der Waals surface area (Å²) in [7, 11) is 0. The van der Waals surface area contributed by atoms with Crippen molar-refractivity contribution >= 4 is 57.3 Å². The fraction of sp³-hybridized carbons (Fsp3) is 0.395. The Bertz CT molecular complexity index is 1660. The Hall–Kier alpha value is -5.10. The molecule has 4 aromatic rings. The Balaban J connectivity index is 1.27. The molecule has 4 rings (SSSR count). The predicted molar refractivity (Wildman–Crippen MR) is 228 cm³/mol. The van der Waals surface area contributed by atoms with Crippen molar-refractivity contribution in [3.05, 3.63) is 97.1 Å². The summed E-state index contributed by atoms with van der Waals surface area (Å²) in [5.41, 5.74) is 18.1. The van der Waals surface area contributed by atoms with Crippen molar-refractivity contribution in [2.75, 3.05) is 91.6 Å². The third-order valence-electron chi connectivity index (χ3n) is 9.50. The second-order valence-corrected chi connectivity index (χ2v) is 13.6. The molecular weight excluding hydrogens is 675 g/mol. The second-order valence-electron chi connectivity index (χ2n) is 13.6. The van der Waals surface area contributed by atoms with Gasteiger partial charge in [0, 0.05) is 58.5 Å². The molecule has 0 heterocycles. The quantitative estimate of drug-likeness (QED) is 0.0313. The van der Waals surface area contributed by atoms with Gasteiger partial charge in [0.25, 0.3) is 0 Å². The van der Waals surface area contributed by atoms with Crippen LogP contribution in [-0.2, 0) is 9.59 Å². The summed E-state index contributed by atoms with van der Waals surface area (Å²) in [6, 6.07) is 30.3.